The molecule has 0 heterocycles. The minimum atomic E-state index is -0.753. The highest BCUT2D eigenvalue weighted by molar-refractivity contribution is 14.1. The lowest BCUT2D eigenvalue weighted by Crippen LogP contribution is -2.35. The van der Waals surface area contributed by atoms with Gasteiger partial charge in [-0.2, -0.15) is 0 Å². The molecule has 1 rings (SSSR count). The first-order valence-corrected chi connectivity index (χ1v) is 8.93. The molecule has 112 valence electrons. The molecule has 1 aromatic carbocycles. The quantitative estimate of drug-likeness (QED) is 0.287. The predicted octanol–water partition coefficient (Wildman–Crippen LogP) is 3.59. The molecule has 1 aromatic rings. The van der Waals surface area contributed by atoms with Gasteiger partial charge in [0.05, 0.1) is 18.4 Å². The Balaban J connectivity index is 3.94. The molecule has 0 aromatic heterocycles. The van der Waals surface area contributed by atoms with Crippen LogP contribution in [-0.4, -0.2) is 23.3 Å². The van der Waals surface area contributed by atoms with E-state index in [0.717, 1.165) is 4.90 Å². The summed E-state index contributed by atoms with van der Waals surface area (Å²) in [5.41, 5.74) is 0.550. The van der Waals surface area contributed by atoms with Crippen LogP contribution in [0.4, 0.5) is 5.69 Å². The smallest absolute Gasteiger partial charge is 0.254 e. The van der Waals surface area contributed by atoms with Gasteiger partial charge < -0.3 is 0 Å². The zero-order chi connectivity index (χ0) is 16.5. The summed E-state index contributed by atoms with van der Waals surface area (Å²) in [6.07, 6.45) is 0.574. The minimum Gasteiger partial charge on any atom is -0.298 e. The molecule has 5 nitrogen and oxygen atoms in total. The summed E-state index contributed by atoms with van der Waals surface area (Å²) in [6, 6.07) is 0. The second-order valence-electron chi connectivity index (χ2n) is 3.84. The molecule has 9 heteroatoms. The van der Waals surface area contributed by atoms with Gasteiger partial charge in [-0.15, -0.1) is 0 Å². The second kappa shape index (κ2) is 7.64. The first kappa shape index (κ1) is 19.2. The van der Waals surface area contributed by atoms with Gasteiger partial charge in [0.15, 0.2) is 6.29 Å². The van der Waals surface area contributed by atoms with Crippen molar-refractivity contribution < 1.29 is 19.2 Å². The molecule has 0 N–H and O–H groups in total. The zero-order valence-electron chi connectivity index (χ0n) is 10.7. The monoisotopic (exact) mass is 645 g/mol. The second-order valence-corrected chi connectivity index (χ2v) is 7.42. The molecule has 0 saturated heterocycles. The Labute approximate surface area is 166 Å². The Morgan fingerprint density at radius 3 is 1.81 bits per heavy atom. The van der Waals surface area contributed by atoms with Gasteiger partial charge in [0.2, 0.25) is 11.8 Å². The fourth-order valence-electron chi connectivity index (χ4n) is 1.68. The Morgan fingerprint density at radius 1 is 1.00 bits per heavy atom. The van der Waals surface area contributed by atoms with Gasteiger partial charge in [-0.25, -0.2) is 4.90 Å². The molecule has 21 heavy (non-hydrogen) atoms. The van der Waals surface area contributed by atoms with Crippen LogP contribution in [0.5, 0.6) is 0 Å². The van der Waals surface area contributed by atoms with Crippen molar-refractivity contribution in [2.45, 2.75) is 13.8 Å². The number of rotatable bonds is 3. The maximum atomic E-state index is 11.7. The Hall–Kier alpha value is 0.180. The first-order chi connectivity index (χ1) is 9.64. The summed E-state index contributed by atoms with van der Waals surface area (Å²) >= 11 is 11.1. The van der Waals surface area contributed by atoms with Crippen molar-refractivity contribution in [3.05, 3.63) is 21.8 Å². The summed E-state index contributed by atoms with van der Waals surface area (Å²) in [4.78, 5) is 47.3. The summed E-state index contributed by atoms with van der Waals surface area (Å²) in [5, 5.41) is -0.753. The van der Waals surface area contributed by atoms with E-state index in [4.69, 9.17) is 11.6 Å². The van der Waals surface area contributed by atoms with E-state index in [-0.39, 0.29) is 16.8 Å². The number of hydrogen-bond acceptors (Lipinski definition) is 4. The number of benzene rings is 1. The van der Waals surface area contributed by atoms with Crippen molar-refractivity contribution in [1.29, 1.82) is 0 Å². The van der Waals surface area contributed by atoms with Crippen LogP contribution < -0.4 is 4.90 Å². The first-order valence-electron chi connectivity index (χ1n) is 5.31. The Kier molecular flexibility index (Phi) is 6.99. The number of carbonyl (C=O) groups is 4. The van der Waals surface area contributed by atoms with Crippen molar-refractivity contribution in [1.82, 2.24) is 0 Å². The average molecular weight is 645 g/mol. The number of hydrogen-bond donors (Lipinski definition) is 0. The highest BCUT2D eigenvalue weighted by Crippen LogP contribution is 2.38. The summed E-state index contributed by atoms with van der Waals surface area (Å²) in [5.74, 6) is -1.02. The average Bonchev–Trinajstić information content (AvgIpc) is 2.33. The number of imide groups is 1. The molecule has 0 atom stereocenters. The minimum absolute atomic E-state index is 0.114. The number of amides is 2. The van der Waals surface area contributed by atoms with Crippen LogP contribution in [0.15, 0.2) is 0 Å². The standard InChI is InChI=1S/C12H7ClI3NO4/c1-4(19)17(5(2)20)11-9(15)6(3-18)8(14)7(10(11)16)12(13)21/h3H,1-2H3. The van der Waals surface area contributed by atoms with E-state index >= 15 is 0 Å². The van der Waals surface area contributed by atoms with Gasteiger partial charge in [-0.1, -0.05) is 0 Å². The molecule has 0 spiro atoms. The summed E-state index contributed by atoms with van der Waals surface area (Å²) in [7, 11) is 0. The third-order valence-electron chi connectivity index (χ3n) is 2.50. The van der Waals surface area contributed by atoms with Crippen molar-refractivity contribution in [3.63, 3.8) is 0 Å². The Morgan fingerprint density at radius 2 is 1.48 bits per heavy atom. The third-order valence-corrected chi connectivity index (χ3v) is 5.95. The van der Waals surface area contributed by atoms with Crippen molar-refractivity contribution in [2.24, 2.45) is 0 Å². The van der Waals surface area contributed by atoms with Crippen LogP contribution in [-0.2, 0) is 9.59 Å². The highest BCUT2D eigenvalue weighted by Gasteiger charge is 2.29. The molecular weight excluding hydrogens is 638 g/mol. The molecule has 0 fully saturated rings. The van der Waals surface area contributed by atoms with Crippen LogP contribution in [0.3, 0.4) is 0 Å². The maximum Gasteiger partial charge on any atom is 0.254 e. The van der Waals surface area contributed by atoms with E-state index in [0.29, 0.717) is 17.0 Å². The predicted molar refractivity (Wildman–Crippen MR) is 104 cm³/mol. The maximum absolute atomic E-state index is 11.7. The highest BCUT2D eigenvalue weighted by atomic mass is 127. The zero-order valence-corrected chi connectivity index (χ0v) is 17.9. The van der Waals surface area contributed by atoms with Crippen LogP contribution >= 0.6 is 79.4 Å². The van der Waals surface area contributed by atoms with Gasteiger partial charge in [0, 0.05) is 23.0 Å². The number of anilines is 1. The van der Waals surface area contributed by atoms with E-state index in [9.17, 15) is 19.2 Å². The van der Waals surface area contributed by atoms with Crippen molar-refractivity contribution in [3.8, 4) is 0 Å². The lowest BCUT2D eigenvalue weighted by molar-refractivity contribution is -0.124. The van der Waals surface area contributed by atoms with E-state index in [1.807, 2.05) is 67.8 Å². The van der Waals surface area contributed by atoms with Gasteiger partial charge in [-0.05, 0) is 79.4 Å². The SMILES string of the molecule is CC(=O)N(C(C)=O)c1c(I)c(C=O)c(I)c(C(=O)Cl)c1I. The molecule has 0 unspecified atom stereocenters. The van der Waals surface area contributed by atoms with Gasteiger partial charge in [0.1, 0.15) is 0 Å². The molecular formula is C12H7ClI3NO4. The molecule has 0 aliphatic carbocycles. The number of nitrogens with zero attached hydrogens (tertiary/aromatic N) is 1. The molecule has 2 amide bonds. The number of aldehydes is 1. The Bertz CT molecular complexity index is 661. The number of halogens is 4. The molecule has 0 bridgehead atoms. The van der Waals surface area contributed by atoms with Crippen molar-refractivity contribution >= 4 is 108 Å². The van der Waals surface area contributed by atoms with E-state index in [2.05, 4.69) is 0 Å². The fourth-order valence-corrected chi connectivity index (χ4v) is 6.58. The molecule has 0 aliphatic heterocycles. The topological polar surface area (TPSA) is 71.5 Å². The number of carbonyl (C=O) groups excluding carboxylic acids is 4. The van der Waals surface area contributed by atoms with E-state index in [1.165, 1.54) is 13.8 Å². The lowest BCUT2D eigenvalue weighted by atomic mass is 10.1. The summed E-state index contributed by atoms with van der Waals surface area (Å²) in [6.45, 7) is 2.46. The van der Waals surface area contributed by atoms with Crippen LogP contribution in [0.25, 0.3) is 0 Å². The van der Waals surface area contributed by atoms with E-state index < -0.39 is 17.1 Å². The normalized spacial score (nSPS) is 10.2. The van der Waals surface area contributed by atoms with Gasteiger partial charge >= 0.3 is 0 Å². The van der Waals surface area contributed by atoms with Crippen LogP contribution in [0.2, 0.25) is 0 Å². The van der Waals surface area contributed by atoms with Crippen LogP contribution in [0, 0.1) is 10.7 Å². The molecule has 0 aliphatic rings. The van der Waals surface area contributed by atoms with Gasteiger partial charge in [0.25, 0.3) is 5.24 Å². The largest absolute Gasteiger partial charge is 0.298 e. The fraction of sp³-hybridized carbons (Fsp3) is 0.167. The van der Waals surface area contributed by atoms with Crippen molar-refractivity contribution in [2.75, 3.05) is 4.90 Å². The summed E-state index contributed by atoms with van der Waals surface area (Å²) < 4.78 is 1.17. The lowest BCUT2D eigenvalue weighted by Gasteiger charge is -2.23. The molecule has 0 radical (unpaired) electrons. The third kappa shape index (κ3) is 3.75. The molecule has 0 saturated carbocycles. The van der Waals surface area contributed by atoms with Gasteiger partial charge in [-0.3, -0.25) is 19.2 Å². The van der Waals surface area contributed by atoms with Crippen LogP contribution in [0.1, 0.15) is 34.6 Å². The van der Waals surface area contributed by atoms with E-state index in [1.54, 1.807) is 0 Å².